The van der Waals surface area contributed by atoms with Crippen molar-refractivity contribution in [2.75, 3.05) is 13.9 Å². The van der Waals surface area contributed by atoms with Crippen LogP contribution < -0.4 is 0 Å². The van der Waals surface area contributed by atoms with Crippen LogP contribution in [0.2, 0.25) is 0 Å². The summed E-state index contributed by atoms with van der Waals surface area (Å²) >= 11 is 0. The molecule has 0 amide bonds. The fourth-order valence-electron chi connectivity index (χ4n) is 0.438. The van der Waals surface area contributed by atoms with Gasteiger partial charge in [0.25, 0.3) is 0 Å². The van der Waals surface area contributed by atoms with Crippen LogP contribution in [0.15, 0.2) is 0 Å². The van der Waals surface area contributed by atoms with Gasteiger partial charge in [0.05, 0.1) is 6.10 Å². The molecule has 0 N–H and O–H groups in total. The minimum Gasteiger partial charge on any atom is -0.359 e. The van der Waals surface area contributed by atoms with Crippen molar-refractivity contribution in [3.8, 4) is 0 Å². The van der Waals surface area contributed by atoms with Crippen LogP contribution in [0.3, 0.4) is 0 Å². The molecule has 0 aromatic rings. The normalized spacial score (nSPS) is 16.3. The van der Waals surface area contributed by atoms with Gasteiger partial charge in [0.15, 0.2) is 0 Å². The van der Waals surface area contributed by atoms with E-state index in [1.807, 2.05) is 13.8 Å². The number of carbonyl (C=O) groups excluding carboxylic acids is 1. The van der Waals surface area contributed by atoms with Gasteiger partial charge >= 0.3 is 0 Å². The molecule has 0 radical (unpaired) electrons. The lowest BCUT2D eigenvalue weighted by molar-refractivity contribution is -0.120. The van der Waals surface area contributed by atoms with Crippen LogP contribution in [0.25, 0.3) is 0 Å². The van der Waals surface area contributed by atoms with E-state index in [4.69, 9.17) is 4.74 Å². The van der Waals surface area contributed by atoms with Crippen molar-refractivity contribution in [2.24, 2.45) is 5.92 Å². The van der Waals surface area contributed by atoms with Crippen molar-refractivity contribution in [3.05, 3.63) is 0 Å². The maximum Gasteiger partial charge on any atom is 0.146 e. The molecule has 60 valence electrons. The van der Waals surface area contributed by atoms with Crippen LogP contribution in [0.5, 0.6) is 0 Å². The van der Waals surface area contributed by atoms with E-state index in [9.17, 15) is 4.79 Å². The van der Waals surface area contributed by atoms with E-state index in [2.05, 4.69) is 4.74 Å². The predicted octanol–water partition coefficient (Wildman–Crippen LogP) is 0.830. The molecule has 0 spiro atoms. The van der Waals surface area contributed by atoms with Gasteiger partial charge in [-0.25, -0.2) is 0 Å². The molecule has 0 aliphatic rings. The van der Waals surface area contributed by atoms with Crippen LogP contribution >= 0.6 is 0 Å². The molecule has 0 fully saturated rings. The van der Waals surface area contributed by atoms with Gasteiger partial charge in [-0.1, -0.05) is 6.92 Å². The minimum absolute atomic E-state index is 0.0579. The first-order chi connectivity index (χ1) is 4.72. The van der Waals surface area contributed by atoms with Crippen LogP contribution in [0.4, 0.5) is 0 Å². The van der Waals surface area contributed by atoms with Crippen molar-refractivity contribution in [1.82, 2.24) is 0 Å². The van der Waals surface area contributed by atoms with E-state index in [1.165, 1.54) is 0 Å². The average Bonchev–Trinajstić information content (AvgIpc) is 1.98. The van der Waals surface area contributed by atoms with Crippen LogP contribution in [-0.4, -0.2) is 26.3 Å². The van der Waals surface area contributed by atoms with Crippen molar-refractivity contribution in [3.63, 3.8) is 0 Å². The topological polar surface area (TPSA) is 35.5 Å². The smallest absolute Gasteiger partial charge is 0.146 e. The fourth-order valence-corrected chi connectivity index (χ4v) is 0.438. The molecule has 0 saturated carbocycles. The second kappa shape index (κ2) is 5.38. The zero-order chi connectivity index (χ0) is 7.98. The molecule has 2 unspecified atom stereocenters. The molecule has 0 aliphatic heterocycles. The SMILES string of the molecule is COCOC(C)C(C)C=O. The highest BCUT2D eigenvalue weighted by Gasteiger charge is 2.10. The Balaban J connectivity index is 3.40. The number of carbonyl (C=O) groups is 1. The monoisotopic (exact) mass is 146 g/mol. The molecule has 3 nitrogen and oxygen atoms in total. The Hall–Kier alpha value is -0.410. The van der Waals surface area contributed by atoms with E-state index >= 15 is 0 Å². The summed E-state index contributed by atoms with van der Waals surface area (Å²) in [5, 5.41) is 0. The quantitative estimate of drug-likeness (QED) is 0.425. The third-order valence-corrected chi connectivity index (χ3v) is 1.40. The summed E-state index contributed by atoms with van der Waals surface area (Å²) in [4.78, 5) is 10.2. The summed E-state index contributed by atoms with van der Waals surface area (Å²) in [6.07, 6.45) is 0.817. The lowest BCUT2D eigenvalue weighted by Crippen LogP contribution is -2.20. The largest absolute Gasteiger partial charge is 0.359 e. The zero-order valence-corrected chi connectivity index (χ0v) is 6.66. The van der Waals surface area contributed by atoms with Gasteiger partial charge in [-0.15, -0.1) is 0 Å². The molecule has 0 aromatic heterocycles. The number of hydrogen-bond acceptors (Lipinski definition) is 3. The molecular weight excluding hydrogens is 132 g/mol. The molecule has 0 heterocycles. The Bertz CT molecular complexity index is 92.9. The molecule has 0 rings (SSSR count). The fraction of sp³-hybridized carbons (Fsp3) is 0.857. The molecule has 10 heavy (non-hydrogen) atoms. The van der Waals surface area contributed by atoms with Gasteiger partial charge in [0.2, 0.25) is 0 Å². The first-order valence-corrected chi connectivity index (χ1v) is 3.28. The highest BCUT2D eigenvalue weighted by atomic mass is 16.7. The van der Waals surface area contributed by atoms with E-state index in [-0.39, 0.29) is 18.8 Å². The van der Waals surface area contributed by atoms with E-state index in [0.717, 1.165) is 6.29 Å². The maximum absolute atomic E-state index is 10.2. The Morgan fingerprint density at radius 3 is 2.50 bits per heavy atom. The highest BCUT2D eigenvalue weighted by Crippen LogP contribution is 2.02. The summed E-state index contributed by atoms with van der Waals surface area (Å²) in [5.74, 6) is -0.0600. The zero-order valence-electron chi connectivity index (χ0n) is 6.66. The Labute approximate surface area is 61.3 Å². The molecule has 3 heteroatoms. The van der Waals surface area contributed by atoms with Gasteiger partial charge in [-0.3, -0.25) is 0 Å². The lowest BCUT2D eigenvalue weighted by atomic mass is 10.1. The second-order valence-electron chi connectivity index (χ2n) is 2.27. The molecule has 0 bridgehead atoms. The van der Waals surface area contributed by atoms with Crippen LogP contribution in [0, 0.1) is 5.92 Å². The Morgan fingerprint density at radius 1 is 1.50 bits per heavy atom. The van der Waals surface area contributed by atoms with Gasteiger partial charge in [0.1, 0.15) is 13.1 Å². The van der Waals surface area contributed by atoms with Gasteiger partial charge in [0, 0.05) is 13.0 Å². The summed E-state index contributed by atoms with van der Waals surface area (Å²) in [6, 6.07) is 0. The minimum atomic E-state index is -0.0600. The summed E-state index contributed by atoms with van der Waals surface area (Å²) in [5.41, 5.74) is 0. The first kappa shape index (κ1) is 9.59. The number of ether oxygens (including phenoxy) is 2. The highest BCUT2D eigenvalue weighted by molar-refractivity contribution is 5.53. The van der Waals surface area contributed by atoms with Gasteiger partial charge in [-0.05, 0) is 6.92 Å². The summed E-state index contributed by atoms with van der Waals surface area (Å²) < 4.78 is 9.76. The molecule has 2 atom stereocenters. The van der Waals surface area contributed by atoms with Gasteiger partial charge < -0.3 is 14.3 Å². The van der Waals surface area contributed by atoms with Crippen LogP contribution in [-0.2, 0) is 14.3 Å². The summed E-state index contributed by atoms with van der Waals surface area (Å²) in [7, 11) is 1.55. The number of methoxy groups -OCH3 is 1. The second-order valence-corrected chi connectivity index (χ2v) is 2.27. The maximum atomic E-state index is 10.2. The first-order valence-electron chi connectivity index (χ1n) is 3.28. The van der Waals surface area contributed by atoms with Crippen molar-refractivity contribution < 1.29 is 14.3 Å². The van der Waals surface area contributed by atoms with Crippen molar-refractivity contribution in [2.45, 2.75) is 20.0 Å². The van der Waals surface area contributed by atoms with Crippen LogP contribution in [0.1, 0.15) is 13.8 Å². The van der Waals surface area contributed by atoms with Gasteiger partial charge in [-0.2, -0.15) is 0 Å². The Morgan fingerprint density at radius 2 is 2.10 bits per heavy atom. The Kier molecular flexibility index (Phi) is 5.16. The molecule has 0 aromatic carbocycles. The number of rotatable bonds is 5. The number of hydrogen-bond donors (Lipinski definition) is 0. The molecule has 0 aliphatic carbocycles. The summed E-state index contributed by atoms with van der Waals surface area (Å²) in [6.45, 7) is 3.91. The van der Waals surface area contributed by atoms with Crippen molar-refractivity contribution in [1.29, 1.82) is 0 Å². The standard InChI is InChI=1S/C7H14O3/c1-6(4-8)7(2)10-5-9-3/h4,6-7H,5H2,1-3H3. The molecular formula is C7H14O3. The average molecular weight is 146 g/mol. The third kappa shape index (κ3) is 3.58. The molecule has 0 saturated heterocycles. The van der Waals surface area contributed by atoms with Crippen molar-refractivity contribution >= 4 is 6.29 Å². The van der Waals surface area contributed by atoms with E-state index in [0.29, 0.717) is 0 Å². The number of aldehydes is 1. The van der Waals surface area contributed by atoms with E-state index < -0.39 is 0 Å². The van der Waals surface area contributed by atoms with E-state index in [1.54, 1.807) is 7.11 Å². The lowest BCUT2D eigenvalue weighted by Gasteiger charge is -2.14. The third-order valence-electron chi connectivity index (χ3n) is 1.40. The predicted molar refractivity (Wildman–Crippen MR) is 37.7 cm³/mol.